The molecule has 0 saturated heterocycles. The quantitative estimate of drug-likeness (QED) is 0.646. The number of rotatable bonds is 2. The maximum absolute atomic E-state index is 5.94. The van der Waals surface area contributed by atoms with Gasteiger partial charge in [0.15, 0.2) is 0 Å². The molecule has 0 aliphatic carbocycles. The zero-order valence-corrected chi connectivity index (χ0v) is 10.6. The van der Waals surface area contributed by atoms with Crippen molar-refractivity contribution in [1.82, 2.24) is 0 Å². The molecule has 0 aliphatic rings. The summed E-state index contributed by atoms with van der Waals surface area (Å²) in [5.74, 6) is 0. The van der Waals surface area contributed by atoms with E-state index in [2.05, 4.69) is 31.0 Å². The van der Waals surface area contributed by atoms with Crippen molar-refractivity contribution >= 4 is 28.9 Å². The highest BCUT2D eigenvalue weighted by Gasteiger charge is 2.09. The Bertz CT molecular complexity index is 347. The standard InChI is InChI=1S/C11H14Cl2N2/c1-11(2,3)7-14-15-10-8(12)5-4-6-9(10)13/h4-6H,7H2,1-3H3/b15-14-. The van der Waals surface area contributed by atoms with Gasteiger partial charge in [-0.1, -0.05) is 50.0 Å². The van der Waals surface area contributed by atoms with Crippen LogP contribution in [0, 0.1) is 5.41 Å². The zero-order valence-electron chi connectivity index (χ0n) is 9.09. The molecule has 0 heterocycles. The van der Waals surface area contributed by atoms with Gasteiger partial charge in [0, 0.05) is 0 Å². The molecule has 1 aromatic carbocycles. The van der Waals surface area contributed by atoms with Crippen LogP contribution in [0.2, 0.25) is 10.0 Å². The highest BCUT2D eigenvalue weighted by Crippen LogP contribution is 2.33. The van der Waals surface area contributed by atoms with Gasteiger partial charge in [0.05, 0.1) is 16.6 Å². The van der Waals surface area contributed by atoms with Crippen molar-refractivity contribution in [3.8, 4) is 0 Å². The van der Waals surface area contributed by atoms with Crippen LogP contribution < -0.4 is 0 Å². The lowest BCUT2D eigenvalue weighted by Crippen LogP contribution is -2.08. The van der Waals surface area contributed by atoms with E-state index in [1.165, 1.54) is 0 Å². The van der Waals surface area contributed by atoms with E-state index in [4.69, 9.17) is 23.2 Å². The third kappa shape index (κ3) is 4.18. The molecular weight excluding hydrogens is 231 g/mol. The summed E-state index contributed by atoms with van der Waals surface area (Å²) >= 11 is 11.9. The van der Waals surface area contributed by atoms with E-state index in [1.54, 1.807) is 18.2 Å². The van der Waals surface area contributed by atoms with Crippen molar-refractivity contribution in [2.45, 2.75) is 20.8 Å². The lowest BCUT2D eigenvalue weighted by molar-refractivity contribution is 0.422. The first-order valence-electron chi connectivity index (χ1n) is 4.72. The van der Waals surface area contributed by atoms with Crippen LogP contribution in [0.1, 0.15) is 20.8 Å². The van der Waals surface area contributed by atoms with Crippen LogP contribution >= 0.6 is 23.2 Å². The highest BCUT2D eigenvalue weighted by atomic mass is 35.5. The molecule has 1 rings (SSSR count). The minimum atomic E-state index is 0.122. The van der Waals surface area contributed by atoms with Gasteiger partial charge in [0.25, 0.3) is 0 Å². The topological polar surface area (TPSA) is 24.7 Å². The second-order valence-electron chi connectivity index (χ2n) is 4.53. The first-order chi connectivity index (χ1) is 6.90. The van der Waals surface area contributed by atoms with Crippen LogP contribution in [0.3, 0.4) is 0 Å². The SMILES string of the molecule is CC(C)(C)C/N=N\c1c(Cl)cccc1Cl. The van der Waals surface area contributed by atoms with Gasteiger partial charge in [-0.15, -0.1) is 0 Å². The van der Waals surface area contributed by atoms with Crippen molar-refractivity contribution in [2.24, 2.45) is 15.6 Å². The van der Waals surface area contributed by atoms with Gasteiger partial charge < -0.3 is 0 Å². The molecule has 0 unspecified atom stereocenters. The summed E-state index contributed by atoms with van der Waals surface area (Å²) in [6.45, 7) is 6.94. The third-order valence-electron chi connectivity index (χ3n) is 1.65. The Morgan fingerprint density at radius 3 is 2.13 bits per heavy atom. The van der Waals surface area contributed by atoms with E-state index in [0.29, 0.717) is 22.3 Å². The maximum atomic E-state index is 5.94. The fourth-order valence-corrected chi connectivity index (χ4v) is 1.38. The average Bonchev–Trinajstić information content (AvgIpc) is 2.08. The van der Waals surface area contributed by atoms with E-state index in [-0.39, 0.29) is 5.41 Å². The summed E-state index contributed by atoms with van der Waals surface area (Å²) in [6, 6.07) is 5.28. The molecule has 0 spiro atoms. The van der Waals surface area contributed by atoms with Crippen LogP contribution in [0.25, 0.3) is 0 Å². The second-order valence-corrected chi connectivity index (χ2v) is 5.34. The summed E-state index contributed by atoms with van der Waals surface area (Å²) in [7, 11) is 0. The predicted molar refractivity (Wildman–Crippen MR) is 65.3 cm³/mol. The summed E-state index contributed by atoms with van der Waals surface area (Å²) < 4.78 is 0. The van der Waals surface area contributed by atoms with Gasteiger partial charge in [0.2, 0.25) is 0 Å². The molecule has 0 saturated carbocycles. The minimum absolute atomic E-state index is 0.122. The Morgan fingerprint density at radius 1 is 1.13 bits per heavy atom. The molecule has 0 bridgehead atoms. The molecule has 0 aliphatic heterocycles. The van der Waals surface area contributed by atoms with E-state index >= 15 is 0 Å². The zero-order chi connectivity index (χ0) is 11.5. The number of halogens is 2. The van der Waals surface area contributed by atoms with Crippen LogP contribution in [0.5, 0.6) is 0 Å². The number of hydrogen-bond donors (Lipinski definition) is 0. The van der Waals surface area contributed by atoms with Crippen LogP contribution in [0.15, 0.2) is 28.4 Å². The Labute approximate surface area is 100 Å². The minimum Gasteiger partial charge on any atom is -0.188 e. The van der Waals surface area contributed by atoms with Gasteiger partial charge >= 0.3 is 0 Å². The predicted octanol–water partition coefficient (Wildman–Crippen LogP) is 5.12. The van der Waals surface area contributed by atoms with Gasteiger partial charge in [0.1, 0.15) is 5.69 Å². The van der Waals surface area contributed by atoms with Gasteiger partial charge in [-0.05, 0) is 17.5 Å². The fraction of sp³-hybridized carbons (Fsp3) is 0.455. The van der Waals surface area contributed by atoms with E-state index in [9.17, 15) is 0 Å². The lowest BCUT2D eigenvalue weighted by atomic mass is 9.98. The van der Waals surface area contributed by atoms with Gasteiger partial charge in [-0.2, -0.15) is 10.2 Å². The van der Waals surface area contributed by atoms with Crippen molar-refractivity contribution in [3.63, 3.8) is 0 Å². The second kappa shape index (κ2) is 4.95. The Morgan fingerprint density at radius 2 is 1.67 bits per heavy atom. The molecule has 0 fully saturated rings. The molecule has 2 nitrogen and oxygen atoms in total. The first-order valence-corrected chi connectivity index (χ1v) is 5.47. The highest BCUT2D eigenvalue weighted by molar-refractivity contribution is 6.38. The molecular formula is C11H14Cl2N2. The summed E-state index contributed by atoms with van der Waals surface area (Å²) in [5, 5.41) is 9.20. The van der Waals surface area contributed by atoms with E-state index in [1.807, 2.05) is 0 Å². The van der Waals surface area contributed by atoms with Crippen molar-refractivity contribution in [1.29, 1.82) is 0 Å². The molecule has 0 radical (unpaired) electrons. The van der Waals surface area contributed by atoms with Crippen molar-refractivity contribution < 1.29 is 0 Å². The Hall–Kier alpha value is -0.600. The van der Waals surface area contributed by atoms with Crippen LogP contribution in [-0.4, -0.2) is 6.54 Å². The normalized spacial score (nSPS) is 12.3. The van der Waals surface area contributed by atoms with Gasteiger partial charge in [-0.3, -0.25) is 0 Å². The molecule has 4 heteroatoms. The molecule has 0 amide bonds. The summed E-state index contributed by atoms with van der Waals surface area (Å²) in [5.41, 5.74) is 0.669. The van der Waals surface area contributed by atoms with Crippen LogP contribution in [0.4, 0.5) is 5.69 Å². The summed E-state index contributed by atoms with van der Waals surface area (Å²) in [6.07, 6.45) is 0. The van der Waals surface area contributed by atoms with Gasteiger partial charge in [-0.25, -0.2) is 0 Å². The first kappa shape index (κ1) is 12.5. The molecule has 0 atom stereocenters. The average molecular weight is 245 g/mol. The number of benzene rings is 1. The largest absolute Gasteiger partial charge is 0.188 e. The van der Waals surface area contributed by atoms with Crippen molar-refractivity contribution in [2.75, 3.05) is 6.54 Å². The molecule has 0 aromatic heterocycles. The van der Waals surface area contributed by atoms with Crippen LogP contribution in [-0.2, 0) is 0 Å². The van der Waals surface area contributed by atoms with E-state index in [0.717, 1.165) is 0 Å². The Kier molecular flexibility index (Phi) is 4.12. The van der Waals surface area contributed by atoms with E-state index < -0.39 is 0 Å². The lowest BCUT2D eigenvalue weighted by Gasteiger charge is -2.12. The Balaban J connectivity index is 2.81. The molecule has 82 valence electrons. The van der Waals surface area contributed by atoms with Crippen molar-refractivity contribution in [3.05, 3.63) is 28.2 Å². The maximum Gasteiger partial charge on any atom is 0.122 e. The number of nitrogens with zero attached hydrogens (tertiary/aromatic N) is 2. The number of azo groups is 1. The third-order valence-corrected chi connectivity index (χ3v) is 2.26. The molecule has 1 aromatic rings. The number of hydrogen-bond acceptors (Lipinski definition) is 2. The summed E-state index contributed by atoms with van der Waals surface area (Å²) in [4.78, 5) is 0. The fourth-order valence-electron chi connectivity index (χ4n) is 0.903. The molecule has 0 N–H and O–H groups in total. The smallest absolute Gasteiger partial charge is 0.122 e. The molecule has 15 heavy (non-hydrogen) atoms. The monoisotopic (exact) mass is 244 g/mol.